The van der Waals surface area contributed by atoms with Gasteiger partial charge in [-0.1, -0.05) is 13.3 Å². The van der Waals surface area contributed by atoms with Crippen molar-refractivity contribution in [1.29, 1.82) is 0 Å². The molecular formula is C11H18BrO5P. The molecule has 104 valence electrons. The van der Waals surface area contributed by atoms with Crippen molar-refractivity contribution in [2.24, 2.45) is 0 Å². The molecule has 1 atom stereocenters. The molecule has 0 saturated carbocycles. The number of cyclic esters (lactones) is 1. The van der Waals surface area contributed by atoms with Crippen LogP contribution in [0.3, 0.4) is 0 Å². The number of hydrogen-bond acceptors (Lipinski definition) is 5. The summed E-state index contributed by atoms with van der Waals surface area (Å²) in [6.07, 6.45) is 2.02. The molecule has 0 aromatic carbocycles. The molecule has 5 nitrogen and oxygen atoms in total. The van der Waals surface area contributed by atoms with Gasteiger partial charge in [0.2, 0.25) is 5.34 Å². The van der Waals surface area contributed by atoms with Crippen molar-refractivity contribution in [2.45, 2.75) is 38.5 Å². The molecule has 0 amide bonds. The van der Waals surface area contributed by atoms with Crippen LogP contribution >= 0.6 is 23.5 Å². The second-order valence-electron chi connectivity index (χ2n) is 4.08. The Kier molecular flexibility index (Phi) is 5.18. The minimum Gasteiger partial charge on any atom is -0.437 e. The maximum atomic E-state index is 12.7. The van der Waals surface area contributed by atoms with E-state index in [0.717, 1.165) is 12.8 Å². The van der Waals surface area contributed by atoms with Crippen LogP contribution in [0.25, 0.3) is 0 Å². The minimum absolute atomic E-state index is 0.395. The predicted octanol–water partition coefficient (Wildman–Crippen LogP) is 3.58. The highest BCUT2D eigenvalue weighted by molar-refractivity contribution is 9.12. The second kappa shape index (κ2) is 5.87. The molecule has 0 spiro atoms. The molecule has 0 aliphatic carbocycles. The molecule has 0 bridgehead atoms. The fourth-order valence-electron chi connectivity index (χ4n) is 1.92. The van der Waals surface area contributed by atoms with Crippen molar-refractivity contribution in [1.82, 2.24) is 0 Å². The zero-order valence-electron chi connectivity index (χ0n) is 11.0. The summed E-state index contributed by atoms with van der Waals surface area (Å²) in [7, 11) is -0.985. The third-order valence-electron chi connectivity index (χ3n) is 3.03. The molecule has 1 aliphatic heterocycles. The average Bonchev–Trinajstić information content (AvgIpc) is 2.61. The van der Waals surface area contributed by atoms with Crippen molar-refractivity contribution < 1.29 is 23.1 Å². The molecule has 0 saturated heterocycles. The number of ether oxygens (including phenoxy) is 1. The molecule has 1 rings (SSSR count). The van der Waals surface area contributed by atoms with E-state index in [1.165, 1.54) is 14.2 Å². The molecule has 1 aliphatic rings. The topological polar surface area (TPSA) is 61.8 Å². The normalized spacial score (nSPS) is 24.6. The van der Waals surface area contributed by atoms with Crippen molar-refractivity contribution >= 4 is 29.5 Å². The van der Waals surface area contributed by atoms with E-state index in [1.54, 1.807) is 6.92 Å². The lowest BCUT2D eigenvalue weighted by atomic mass is 10.1. The average molecular weight is 341 g/mol. The molecule has 0 radical (unpaired) electrons. The lowest BCUT2D eigenvalue weighted by molar-refractivity contribution is -0.143. The van der Waals surface area contributed by atoms with Gasteiger partial charge in [0, 0.05) is 26.2 Å². The molecule has 0 N–H and O–H groups in total. The highest BCUT2D eigenvalue weighted by atomic mass is 79.9. The summed E-state index contributed by atoms with van der Waals surface area (Å²) in [5.41, 5.74) is 0.403. The molecule has 0 aromatic heterocycles. The quantitative estimate of drug-likeness (QED) is 0.546. The zero-order valence-corrected chi connectivity index (χ0v) is 13.5. The van der Waals surface area contributed by atoms with Crippen LogP contribution < -0.4 is 0 Å². The number of carbonyl (C=O) groups is 1. The highest BCUT2D eigenvalue weighted by Gasteiger charge is 2.59. The SMILES string of the molecule is CCCCC1(P(=O)(OC)OC)OC(=O)C(C)=C1Br. The minimum atomic E-state index is -3.57. The van der Waals surface area contributed by atoms with Crippen LogP contribution in [-0.2, 0) is 23.1 Å². The van der Waals surface area contributed by atoms with Gasteiger partial charge in [0.1, 0.15) is 0 Å². The van der Waals surface area contributed by atoms with Crippen LogP contribution in [0.1, 0.15) is 33.1 Å². The molecule has 7 heteroatoms. The Morgan fingerprint density at radius 3 is 2.28 bits per heavy atom. The maximum Gasteiger partial charge on any atom is 0.378 e. The maximum absolute atomic E-state index is 12.7. The van der Waals surface area contributed by atoms with Crippen LogP contribution in [0, 0.1) is 0 Å². The first-order valence-electron chi connectivity index (χ1n) is 5.70. The number of halogens is 1. The number of carbonyl (C=O) groups excluding carboxylic acids is 1. The van der Waals surface area contributed by atoms with Crippen LogP contribution in [0.15, 0.2) is 10.1 Å². The van der Waals surface area contributed by atoms with Crippen molar-refractivity contribution in [3.63, 3.8) is 0 Å². The Bertz CT molecular complexity index is 412. The lowest BCUT2D eigenvalue weighted by Crippen LogP contribution is -2.32. The molecule has 18 heavy (non-hydrogen) atoms. The van der Waals surface area contributed by atoms with Gasteiger partial charge in [-0.3, -0.25) is 4.57 Å². The summed E-state index contributed by atoms with van der Waals surface area (Å²) in [5.74, 6) is -0.493. The standard InChI is InChI=1S/C11H18BrO5P/c1-5-6-7-11(18(14,15-3)16-4)9(12)8(2)10(13)17-11/h5-7H2,1-4H3. The third kappa shape index (κ3) is 2.31. The number of unbranched alkanes of at least 4 members (excludes halogenated alkanes) is 1. The Morgan fingerprint density at radius 2 is 1.94 bits per heavy atom. The fraction of sp³-hybridized carbons (Fsp3) is 0.727. The summed E-state index contributed by atoms with van der Waals surface area (Å²) in [6.45, 7) is 3.62. The van der Waals surface area contributed by atoms with Gasteiger partial charge in [-0.25, -0.2) is 4.79 Å². The summed E-state index contributed by atoms with van der Waals surface area (Å²) in [5, 5.41) is -1.34. The van der Waals surface area contributed by atoms with E-state index in [4.69, 9.17) is 13.8 Å². The largest absolute Gasteiger partial charge is 0.437 e. The summed E-state index contributed by atoms with van der Waals surface area (Å²) < 4.78 is 28.6. The van der Waals surface area contributed by atoms with Gasteiger partial charge < -0.3 is 13.8 Å². The lowest BCUT2D eigenvalue weighted by Gasteiger charge is -2.33. The Balaban J connectivity index is 3.30. The molecule has 1 heterocycles. The second-order valence-corrected chi connectivity index (χ2v) is 7.32. The smallest absolute Gasteiger partial charge is 0.378 e. The van der Waals surface area contributed by atoms with Crippen LogP contribution in [0.4, 0.5) is 0 Å². The van der Waals surface area contributed by atoms with Gasteiger partial charge in [0.25, 0.3) is 0 Å². The van der Waals surface area contributed by atoms with E-state index in [0.29, 0.717) is 16.5 Å². The first kappa shape index (κ1) is 15.9. The third-order valence-corrected chi connectivity index (χ3v) is 6.96. The van der Waals surface area contributed by atoms with Gasteiger partial charge >= 0.3 is 13.6 Å². The van der Waals surface area contributed by atoms with Crippen LogP contribution in [0.5, 0.6) is 0 Å². The van der Waals surface area contributed by atoms with E-state index >= 15 is 0 Å². The summed E-state index contributed by atoms with van der Waals surface area (Å²) in [6, 6.07) is 0. The Morgan fingerprint density at radius 1 is 1.39 bits per heavy atom. The van der Waals surface area contributed by atoms with Gasteiger partial charge in [-0.05, 0) is 29.3 Å². The van der Waals surface area contributed by atoms with Gasteiger partial charge in [-0.15, -0.1) is 0 Å². The zero-order chi connectivity index (χ0) is 14.0. The van der Waals surface area contributed by atoms with Gasteiger partial charge in [0.15, 0.2) is 0 Å². The molecule has 0 aromatic rings. The van der Waals surface area contributed by atoms with E-state index in [-0.39, 0.29) is 0 Å². The molecule has 0 fully saturated rings. The first-order chi connectivity index (χ1) is 8.38. The summed E-state index contributed by atoms with van der Waals surface area (Å²) >= 11 is 3.32. The van der Waals surface area contributed by atoms with Gasteiger partial charge in [-0.2, -0.15) is 0 Å². The van der Waals surface area contributed by atoms with E-state index in [2.05, 4.69) is 15.9 Å². The number of rotatable bonds is 6. The first-order valence-corrected chi connectivity index (χ1v) is 8.04. The number of hydrogen-bond donors (Lipinski definition) is 0. The van der Waals surface area contributed by atoms with Crippen LogP contribution in [-0.4, -0.2) is 25.5 Å². The van der Waals surface area contributed by atoms with Crippen molar-refractivity contribution in [2.75, 3.05) is 14.2 Å². The fourth-order valence-corrected chi connectivity index (χ4v) is 4.78. The highest BCUT2D eigenvalue weighted by Crippen LogP contribution is 2.67. The Hall–Kier alpha value is -0.160. The van der Waals surface area contributed by atoms with Crippen molar-refractivity contribution in [3.05, 3.63) is 10.1 Å². The number of esters is 1. The van der Waals surface area contributed by atoms with Gasteiger partial charge in [0.05, 0.1) is 4.48 Å². The van der Waals surface area contributed by atoms with Crippen molar-refractivity contribution in [3.8, 4) is 0 Å². The monoisotopic (exact) mass is 340 g/mol. The molecular weight excluding hydrogens is 323 g/mol. The predicted molar refractivity (Wildman–Crippen MR) is 71.6 cm³/mol. The Labute approximate surface area is 116 Å². The van der Waals surface area contributed by atoms with E-state index < -0.39 is 18.9 Å². The van der Waals surface area contributed by atoms with Crippen LogP contribution in [0.2, 0.25) is 0 Å². The summed E-state index contributed by atoms with van der Waals surface area (Å²) in [4.78, 5) is 11.7. The van der Waals surface area contributed by atoms with E-state index in [9.17, 15) is 9.36 Å². The van der Waals surface area contributed by atoms with E-state index in [1.807, 2.05) is 6.92 Å². The molecule has 1 unspecified atom stereocenters.